The lowest BCUT2D eigenvalue weighted by atomic mass is 9.98. The minimum Gasteiger partial charge on any atom is -0.267 e. The standard InChI is InChI=1S/C21H17ClN2O/c1-13(23-24-21(25)16-5-2-6-17(22)12-16)18-11-10-15-9-8-14-4-3-7-19(18)20(14)15/h2-7,10-12H,8-9H2,1H3,(H,24,25). The molecule has 3 aromatic rings. The van der Waals surface area contributed by atoms with Crippen LogP contribution in [-0.2, 0) is 12.8 Å². The van der Waals surface area contributed by atoms with Crippen molar-refractivity contribution in [3.63, 3.8) is 0 Å². The van der Waals surface area contributed by atoms with Crippen LogP contribution in [0.1, 0.15) is 34.0 Å². The van der Waals surface area contributed by atoms with Crippen LogP contribution < -0.4 is 5.43 Å². The number of hydrogen-bond donors (Lipinski definition) is 1. The van der Waals surface area contributed by atoms with Gasteiger partial charge in [-0.2, -0.15) is 5.10 Å². The summed E-state index contributed by atoms with van der Waals surface area (Å²) >= 11 is 5.93. The van der Waals surface area contributed by atoms with Gasteiger partial charge in [0, 0.05) is 16.1 Å². The first-order valence-corrected chi connectivity index (χ1v) is 8.65. The molecule has 3 nitrogen and oxygen atoms in total. The molecule has 0 bridgehead atoms. The van der Waals surface area contributed by atoms with Crippen LogP contribution >= 0.6 is 11.6 Å². The predicted molar refractivity (Wildman–Crippen MR) is 102 cm³/mol. The summed E-state index contributed by atoms with van der Waals surface area (Å²) in [7, 11) is 0. The fraction of sp³-hybridized carbons (Fsp3) is 0.143. The normalized spacial score (nSPS) is 13.3. The SMILES string of the molecule is CC(=NNC(=O)c1cccc(Cl)c1)c1ccc2c3c(cccc13)CC2. The van der Waals surface area contributed by atoms with Crippen molar-refractivity contribution in [3.05, 3.63) is 81.9 Å². The molecule has 1 aliphatic rings. The first-order valence-electron chi connectivity index (χ1n) is 8.27. The quantitative estimate of drug-likeness (QED) is 0.538. The lowest BCUT2D eigenvalue weighted by molar-refractivity contribution is 0.0955. The average Bonchev–Trinajstić information content (AvgIpc) is 3.05. The zero-order valence-electron chi connectivity index (χ0n) is 13.8. The third-order valence-corrected chi connectivity index (χ3v) is 4.91. The number of aryl methyl sites for hydroxylation is 2. The Morgan fingerprint density at radius 3 is 2.60 bits per heavy atom. The van der Waals surface area contributed by atoms with E-state index in [4.69, 9.17) is 11.6 Å². The van der Waals surface area contributed by atoms with Crippen molar-refractivity contribution in [1.82, 2.24) is 5.43 Å². The maximum atomic E-state index is 12.2. The molecule has 0 saturated carbocycles. The maximum absolute atomic E-state index is 12.2. The van der Waals surface area contributed by atoms with Gasteiger partial charge < -0.3 is 0 Å². The van der Waals surface area contributed by atoms with Gasteiger partial charge in [-0.25, -0.2) is 5.43 Å². The summed E-state index contributed by atoms with van der Waals surface area (Å²) in [5, 5.41) is 7.38. The van der Waals surface area contributed by atoms with Crippen molar-refractivity contribution in [1.29, 1.82) is 0 Å². The lowest BCUT2D eigenvalue weighted by Crippen LogP contribution is -2.19. The Labute approximate surface area is 151 Å². The lowest BCUT2D eigenvalue weighted by Gasteiger charge is -2.09. The third kappa shape index (κ3) is 2.92. The van der Waals surface area contributed by atoms with E-state index in [0.29, 0.717) is 10.6 Å². The summed E-state index contributed by atoms with van der Waals surface area (Å²) in [6, 6.07) is 17.5. The Balaban J connectivity index is 1.65. The van der Waals surface area contributed by atoms with E-state index in [0.717, 1.165) is 24.1 Å². The number of nitrogens with one attached hydrogen (secondary N) is 1. The van der Waals surface area contributed by atoms with E-state index >= 15 is 0 Å². The fourth-order valence-electron chi connectivity index (χ4n) is 3.45. The second-order valence-corrected chi connectivity index (χ2v) is 6.70. The molecule has 3 aromatic carbocycles. The molecule has 4 rings (SSSR count). The average molecular weight is 349 g/mol. The zero-order valence-corrected chi connectivity index (χ0v) is 14.6. The van der Waals surface area contributed by atoms with Crippen molar-refractivity contribution < 1.29 is 4.79 Å². The van der Waals surface area contributed by atoms with Gasteiger partial charge in [0.25, 0.3) is 5.91 Å². The first kappa shape index (κ1) is 15.9. The Hall–Kier alpha value is -2.65. The molecule has 1 amide bonds. The molecule has 0 aliphatic heterocycles. The molecule has 0 heterocycles. The largest absolute Gasteiger partial charge is 0.271 e. The number of carbonyl (C=O) groups is 1. The van der Waals surface area contributed by atoms with E-state index in [1.165, 1.54) is 21.9 Å². The van der Waals surface area contributed by atoms with Crippen molar-refractivity contribution in [3.8, 4) is 0 Å². The predicted octanol–water partition coefficient (Wildman–Crippen LogP) is 4.75. The molecule has 0 saturated heterocycles. The molecular formula is C21H17ClN2O. The minimum absolute atomic E-state index is 0.271. The number of halogens is 1. The fourth-order valence-corrected chi connectivity index (χ4v) is 3.64. The van der Waals surface area contributed by atoms with Crippen LogP contribution in [-0.4, -0.2) is 11.6 Å². The molecular weight excluding hydrogens is 332 g/mol. The van der Waals surface area contributed by atoms with Crippen molar-refractivity contribution in [2.75, 3.05) is 0 Å². The highest BCUT2D eigenvalue weighted by atomic mass is 35.5. The van der Waals surface area contributed by atoms with E-state index in [-0.39, 0.29) is 5.91 Å². The Morgan fingerprint density at radius 2 is 1.80 bits per heavy atom. The number of carbonyl (C=O) groups excluding carboxylic acids is 1. The van der Waals surface area contributed by atoms with Gasteiger partial charge in [0.15, 0.2) is 0 Å². The van der Waals surface area contributed by atoms with Gasteiger partial charge >= 0.3 is 0 Å². The zero-order chi connectivity index (χ0) is 17.4. The van der Waals surface area contributed by atoms with Crippen LogP contribution in [0.4, 0.5) is 0 Å². The molecule has 124 valence electrons. The number of amides is 1. The molecule has 25 heavy (non-hydrogen) atoms. The van der Waals surface area contributed by atoms with Gasteiger partial charge in [0.05, 0.1) is 5.71 Å². The smallest absolute Gasteiger partial charge is 0.267 e. The first-order chi connectivity index (χ1) is 12.1. The van der Waals surface area contributed by atoms with E-state index in [9.17, 15) is 4.79 Å². The second kappa shape index (κ2) is 6.34. The molecule has 1 aliphatic carbocycles. The molecule has 0 spiro atoms. The molecule has 1 N–H and O–H groups in total. The Bertz CT molecular complexity index is 1010. The van der Waals surface area contributed by atoms with Gasteiger partial charge in [0.2, 0.25) is 0 Å². The van der Waals surface area contributed by atoms with Crippen LogP contribution in [0.15, 0.2) is 59.7 Å². The summed E-state index contributed by atoms with van der Waals surface area (Å²) in [5.74, 6) is -0.271. The van der Waals surface area contributed by atoms with Crippen LogP contribution in [0.25, 0.3) is 10.8 Å². The Kier molecular flexibility index (Phi) is 4.02. The molecule has 0 aromatic heterocycles. The summed E-state index contributed by atoms with van der Waals surface area (Å²) in [4.78, 5) is 12.2. The third-order valence-electron chi connectivity index (χ3n) is 4.68. The summed E-state index contributed by atoms with van der Waals surface area (Å²) < 4.78 is 0. The minimum atomic E-state index is -0.271. The molecule has 0 atom stereocenters. The monoisotopic (exact) mass is 348 g/mol. The van der Waals surface area contributed by atoms with Crippen molar-refractivity contribution in [2.24, 2.45) is 5.10 Å². The molecule has 4 heteroatoms. The Morgan fingerprint density at radius 1 is 1.04 bits per heavy atom. The number of rotatable bonds is 3. The number of nitrogens with zero attached hydrogens (tertiary/aromatic N) is 1. The van der Waals surface area contributed by atoms with Gasteiger partial charge in [-0.1, -0.05) is 48.0 Å². The summed E-state index contributed by atoms with van der Waals surface area (Å²) in [5.41, 5.74) is 7.74. The topological polar surface area (TPSA) is 41.5 Å². The molecule has 0 unspecified atom stereocenters. The van der Waals surface area contributed by atoms with Crippen molar-refractivity contribution in [2.45, 2.75) is 19.8 Å². The number of benzene rings is 3. The van der Waals surface area contributed by atoms with E-state index in [1.54, 1.807) is 24.3 Å². The highest BCUT2D eigenvalue weighted by Gasteiger charge is 2.16. The number of hydrazone groups is 1. The van der Waals surface area contributed by atoms with Gasteiger partial charge in [0.1, 0.15) is 0 Å². The summed E-state index contributed by atoms with van der Waals surface area (Å²) in [6.45, 7) is 1.91. The van der Waals surface area contributed by atoms with E-state index in [2.05, 4.69) is 40.9 Å². The van der Waals surface area contributed by atoms with Gasteiger partial charge in [-0.05, 0) is 59.9 Å². The van der Waals surface area contributed by atoms with Crippen LogP contribution in [0.5, 0.6) is 0 Å². The number of hydrogen-bond acceptors (Lipinski definition) is 2. The molecule has 0 radical (unpaired) electrons. The highest BCUT2D eigenvalue weighted by molar-refractivity contribution is 6.31. The van der Waals surface area contributed by atoms with Crippen LogP contribution in [0.2, 0.25) is 5.02 Å². The van der Waals surface area contributed by atoms with Crippen LogP contribution in [0, 0.1) is 0 Å². The highest BCUT2D eigenvalue weighted by Crippen LogP contribution is 2.32. The van der Waals surface area contributed by atoms with E-state index in [1.807, 2.05) is 6.92 Å². The van der Waals surface area contributed by atoms with E-state index < -0.39 is 0 Å². The maximum Gasteiger partial charge on any atom is 0.271 e. The van der Waals surface area contributed by atoms with Gasteiger partial charge in [-0.15, -0.1) is 0 Å². The molecule has 0 fully saturated rings. The van der Waals surface area contributed by atoms with Crippen molar-refractivity contribution >= 4 is 34.0 Å². The van der Waals surface area contributed by atoms with Gasteiger partial charge in [-0.3, -0.25) is 4.79 Å². The second-order valence-electron chi connectivity index (χ2n) is 6.26. The van der Waals surface area contributed by atoms with Crippen LogP contribution in [0.3, 0.4) is 0 Å². The summed E-state index contributed by atoms with van der Waals surface area (Å²) in [6.07, 6.45) is 2.19.